The standard InChI is InChI=1S/C71H135NO9/c1-4-7-10-13-16-19-22-25-28-31-34-37-40-43-46-49-52-55-60-79-66(73)65-71(77,70(76)81-62-57-54-51-48-45-42-39-36-33-30-27-24-21-18-15-12-9-6-3)67(68(74)72-58-63-78-64-59-72)69(75)80-61-56-53-50-47-44-41-38-35-32-29-26-23-20-17-14-11-8-5-2/h67,77H,4-65H2,1-3H3. The molecule has 0 aromatic carbocycles. The normalized spacial score (nSPS) is 13.8. The molecule has 1 rings (SSSR count). The summed E-state index contributed by atoms with van der Waals surface area (Å²) in [6.45, 7) is 7.93. The number of unbranched alkanes of at least 4 members (excludes halogenated alkanes) is 51. The van der Waals surface area contributed by atoms with Crippen molar-refractivity contribution < 1.29 is 43.2 Å². The van der Waals surface area contributed by atoms with Crippen molar-refractivity contribution in [2.45, 2.75) is 380 Å². The lowest BCUT2D eigenvalue weighted by molar-refractivity contribution is -0.191. The highest BCUT2D eigenvalue weighted by Crippen LogP contribution is 2.30. The molecule has 0 aromatic rings. The fourth-order valence-corrected chi connectivity index (χ4v) is 11.8. The Bertz CT molecular complexity index is 1390. The van der Waals surface area contributed by atoms with Gasteiger partial charge in [-0.2, -0.15) is 0 Å². The SMILES string of the molecule is CCCCCCCCCCCCCCCCCCCCOC(=O)CC(O)(C(=O)OCCCCCCCCCCCCCCCCCCCC)C(C(=O)OCCCCCCCCCCCCCCCCCCCC)C(=O)N1CCOCC1. The van der Waals surface area contributed by atoms with Crippen LogP contribution in [0.2, 0.25) is 0 Å². The average molecular weight is 1150 g/mol. The van der Waals surface area contributed by atoms with Gasteiger partial charge in [0.25, 0.3) is 0 Å². The van der Waals surface area contributed by atoms with E-state index in [0.717, 1.165) is 57.8 Å². The third kappa shape index (κ3) is 46.7. The van der Waals surface area contributed by atoms with E-state index in [1.807, 2.05) is 0 Å². The van der Waals surface area contributed by atoms with Gasteiger partial charge in [0.1, 0.15) is 0 Å². The van der Waals surface area contributed by atoms with Gasteiger partial charge in [0.05, 0.1) is 39.5 Å². The summed E-state index contributed by atoms with van der Waals surface area (Å²) in [6.07, 6.45) is 66.4. The van der Waals surface area contributed by atoms with E-state index in [1.54, 1.807) is 0 Å². The first-order chi connectivity index (χ1) is 39.8. The number of esters is 3. The third-order valence-electron chi connectivity index (χ3n) is 17.3. The molecule has 1 aliphatic heterocycles. The predicted molar refractivity (Wildman–Crippen MR) is 340 cm³/mol. The molecule has 1 fully saturated rings. The molecule has 0 spiro atoms. The number of aliphatic hydroxyl groups is 1. The molecule has 10 nitrogen and oxygen atoms in total. The zero-order valence-corrected chi connectivity index (χ0v) is 54.1. The van der Waals surface area contributed by atoms with Crippen LogP contribution in [0.25, 0.3) is 0 Å². The van der Waals surface area contributed by atoms with Crippen LogP contribution in [0.1, 0.15) is 374 Å². The molecule has 10 heteroatoms. The van der Waals surface area contributed by atoms with Gasteiger partial charge in [-0.25, -0.2) is 4.79 Å². The first-order valence-corrected chi connectivity index (χ1v) is 35.9. The molecule has 81 heavy (non-hydrogen) atoms. The van der Waals surface area contributed by atoms with Gasteiger partial charge in [0.15, 0.2) is 11.5 Å². The molecular weight excluding hydrogens is 1010 g/mol. The Morgan fingerprint density at radius 2 is 0.593 bits per heavy atom. The number of carbonyl (C=O) groups is 4. The Hall–Kier alpha value is -2.20. The number of ether oxygens (including phenoxy) is 4. The van der Waals surface area contributed by atoms with Crippen molar-refractivity contribution >= 4 is 23.8 Å². The zero-order valence-electron chi connectivity index (χ0n) is 54.1. The van der Waals surface area contributed by atoms with Crippen molar-refractivity contribution in [2.24, 2.45) is 5.92 Å². The van der Waals surface area contributed by atoms with Gasteiger partial charge in [0.2, 0.25) is 5.91 Å². The molecule has 1 saturated heterocycles. The largest absolute Gasteiger partial charge is 0.466 e. The second kappa shape index (κ2) is 59.5. The molecule has 0 saturated carbocycles. The molecule has 0 aliphatic carbocycles. The maximum absolute atomic E-state index is 14.3. The number of hydrogen-bond acceptors (Lipinski definition) is 9. The zero-order chi connectivity index (χ0) is 58.6. The highest BCUT2D eigenvalue weighted by Gasteiger charge is 2.57. The van der Waals surface area contributed by atoms with Crippen LogP contribution in [0.4, 0.5) is 0 Å². The van der Waals surface area contributed by atoms with Crippen molar-refractivity contribution in [1.29, 1.82) is 0 Å². The van der Waals surface area contributed by atoms with Gasteiger partial charge in [-0.1, -0.05) is 348 Å². The van der Waals surface area contributed by atoms with Gasteiger partial charge in [-0.3, -0.25) is 14.4 Å². The minimum Gasteiger partial charge on any atom is -0.466 e. The van der Waals surface area contributed by atoms with Gasteiger partial charge >= 0.3 is 17.9 Å². The second-order valence-corrected chi connectivity index (χ2v) is 25.0. The number of carbonyl (C=O) groups excluding carboxylic acids is 4. The lowest BCUT2D eigenvalue weighted by Gasteiger charge is -2.35. The van der Waals surface area contributed by atoms with Crippen molar-refractivity contribution in [3.63, 3.8) is 0 Å². The van der Waals surface area contributed by atoms with Crippen molar-refractivity contribution in [3.8, 4) is 0 Å². The molecule has 2 atom stereocenters. The highest BCUT2D eigenvalue weighted by atomic mass is 16.6. The van der Waals surface area contributed by atoms with Crippen LogP contribution in [0.15, 0.2) is 0 Å². The fourth-order valence-electron chi connectivity index (χ4n) is 11.8. The average Bonchev–Trinajstić information content (AvgIpc) is 3.60. The number of hydrogen-bond donors (Lipinski definition) is 1. The summed E-state index contributed by atoms with van der Waals surface area (Å²) in [5, 5.41) is 12.4. The van der Waals surface area contributed by atoms with E-state index in [2.05, 4.69) is 20.8 Å². The van der Waals surface area contributed by atoms with Gasteiger partial charge in [0, 0.05) is 13.1 Å². The summed E-state index contributed by atoms with van der Waals surface area (Å²) >= 11 is 0. The van der Waals surface area contributed by atoms with Crippen LogP contribution >= 0.6 is 0 Å². The van der Waals surface area contributed by atoms with Gasteiger partial charge < -0.3 is 29.0 Å². The monoisotopic (exact) mass is 1150 g/mol. The Labute approximate surface area is 501 Å². The maximum Gasteiger partial charge on any atom is 0.340 e. The summed E-state index contributed by atoms with van der Waals surface area (Å²) in [4.78, 5) is 57.6. The topological polar surface area (TPSA) is 129 Å². The molecule has 0 aromatic heterocycles. The van der Waals surface area contributed by atoms with Crippen LogP contribution in [0.3, 0.4) is 0 Å². The summed E-state index contributed by atoms with van der Waals surface area (Å²) in [5.74, 6) is -5.74. The van der Waals surface area contributed by atoms with E-state index in [-0.39, 0.29) is 46.1 Å². The molecular formula is C71H135NO9. The third-order valence-corrected chi connectivity index (χ3v) is 17.3. The summed E-state index contributed by atoms with van der Waals surface area (Å²) < 4.78 is 22.5. The Balaban J connectivity index is 2.65. The Morgan fingerprint density at radius 1 is 0.358 bits per heavy atom. The molecule has 1 amide bonds. The van der Waals surface area contributed by atoms with Crippen molar-refractivity contribution in [2.75, 3.05) is 46.1 Å². The quantitative estimate of drug-likeness (QED) is 0.0274. The number of morpholine rings is 1. The highest BCUT2D eigenvalue weighted by molar-refractivity contribution is 6.05. The molecule has 0 bridgehead atoms. The van der Waals surface area contributed by atoms with Crippen LogP contribution < -0.4 is 0 Å². The van der Waals surface area contributed by atoms with Crippen molar-refractivity contribution in [3.05, 3.63) is 0 Å². The minimum absolute atomic E-state index is 0.0149. The van der Waals surface area contributed by atoms with E-state index < -0.39 is 41.8 Å². The molecule has 1 N–H and O–H groups in total. The van der Waals surface area contributed by atoms with Gasteiger partial charge in [-0.15, -0.1) is 0 Å². The smallest absolute Gasteiger partial charge is 0.340 e. The number of amides is 1. The van der Waals surface area contributed by atoms with Crippen LogP contribution in [0, 0.1) is 5.92 Å². The van der Waals surface area contributed by atoms with Crippen LogP contribution in [0.5, 0.6) is 0 Å². The van der Waals surface area contributed by atoms with Gasteiger partial charge in [-0.05, 0) is 19.3 Å². The van der Waals surface area contributed by atoms with Crippen LogP contribution in [-0.4, -0.2) is 85.5 Å². The Kier molecular flexibility index (Phi) is 56.4. The second-order valence-electron chi connectivity index (χ2n) is 25.0. The fraction of sp³-hybridized carbons (Fsp3) is 0.944. The first-order valence-electron chi connectivity index (χ1n) is 35.9. The van der Waals surface area contributed by atoms with Crippen LogP contribution in [-0.2, 0) is 38.1 Å². The Morgan fingerprint density at radius 3 is 0.864 bits per heavy atom. The lowest BCUT2D eigenvalue weighted by Crippen LogP contribution is -2.59. The molecule has 1 aliphatic rings. The van der Waals surface area contributed by atoms with E-state index in [0.29, 0.717) is 19.3 Å². The molecule has 478 valence electrons. The van der Waals surface area contributed by atoms with E-state index in [4.69, 9.17) is 18.9 Å². The summed E-state index contributed by atoms with van der Waals surface area (Å²) in [6, 6.07) is 0. The lowest BCUT2D eigenvalue weighted by atomic mass is 9.82. The number of rotatable bonds is 63. The molecule has 0 radical (unpaired) electrons. The molecule has 1 heterocycles. The van der Waals surface area contributed by atoms with E-state index >= 15 is 0 Å². The summed E-state index contributed by atoms with van der Waals surface area (Å²) in [5.41, 5.74) is -2.79. The minimum atomic E-state index is -2.79. The molecule has 2 unspecified atom stereocenters. The van der Waals surface area contributed by atoms with E-state index in [9.17, 15) is 24.3 Å². The maximum atomic E-state index is 14.3. The van der Waals surface area contributed by atoms with E-state index in [1.165, 1.54) is 275 Å². The van der Waals surface area contributed by atoms with Crippen molar-refractivity contribution in [1.82, 2.24) is 4.90 Å². The summed E-state index contributed by atoms with van der Waals surface area (Å²) in [7, 11) is 0. The number of nitrogens with zero attached hydrogens (tertiary/aromatic N) is 1. The first kappa shape index (κ1) is 76.8. The predicted octanol–water partition coefficient (Wildman–Crippen LogP) is 20.3.